The van der Waals surface area contributed by atoms with Gasteiger partial charge in [0.15, 0.2) is 5.96 Å². The van der Waals surface area contributed by atoms with Crippen molar-refractivity contribution in [3.05, 3.63) is 29.8 Å². The van der Waals surface area contributed by atoms with E-state index in [-0.39, 0.29) is 11.9 Å². The maximum atomic E-state index is 11.8. The summed E-state index contributed by atoms with van der Waals surface area (Å²) in [5.74, 6) is 1.88. The first-order valence-electron chi connectivity index (χ1n) is 10.1. The fraction of sp³-hybridized carbons (Fsp3) is 0.619. The van der Waals surface area contributed by atoms with Crippen molar-refractivity contribution >= 4 is 11.9 Å². The van der Waals surface area contributed by atoms with E-state index in [2.05, 4.69) is 46.8 Å². The molecule has 7 heteroatoms. The Kier molecular flexibility index (Phi) is 9.07. The molecule has 1 aromatic rings. The van der Waals surface area contributed by atoms with E-state index in [1.165, 1.54) is 0 Å². The lowest BCUT2D eigenvalue weighted by Gasteiger charge is -2.19. The van der Waals surface area contributed by atoms with Gasteiger partial charge in [0.2, 0.25) is 5.91 Å². The third-order valence-corrected chi connectivity index (χ3v) is 4.81. The Labute approximate surface area is 169 Å². The van der Waals surface area contributed by atoms with Crippen molar-refractivity contribution < 1.29 is 9.53 Å². The van der Waals surface area contributed by atoms with Crippen LogP contribution in [-0.2, 0) is 11.3 Å². The third-order valence-electron chi connectivity index (χ3n) is 4.81. The Bertz CT molecular complexity index is 630. The van der Waals surface area contributed by atoms with Gasteiger partial charge in [-0.3, -0.25) is 9.79 Å². The standard InChI is InChI=1S/C21H35N5O2/c1-5-20(27)26-13-11-18(16-26)24-21(22-2)23-15-17-7-9-19(10-8-17)28-14-6-12-25(3)4/h7-10,18H,5-6,11-16H2,1-4H3,(H2,22,23,24). The summed E-state index contributed by atoms with van der Waals surface area (Å²) in [5, 5.41) is 6.76. The minimum atomic E-state index is 0.219. The van der Waals surface area contributed by atoms with Crippen LogP contribution in [0.5, 0.6) is 5.75 Å². The van der Waals surface area contributed by atoms with Crippen molar-refractivity contribution in [2.75, 3.05) is 47.4 Å². The van der Waals surface area contributed by atoms with E-state index in [0.717, 1.165) is 56.4 Å². The van der Waals surface area contributed by atoms with Crippen LogP contribution >= 0.6 is 0 Å². The van der Waals surface area contributed by atoms with E-state index in [1.807, 2.05) is 24.0 Å². The van der Waals surface area contributed by atoms with Gasteiger partial charge < -0.3 is 25.2 Å². The molecule has 1 aliphatic heterocycles. The maximum Gasteiger partial charge on any atom is 0.222 e. The molecule has 156 valence electrons. The second-order valence-corrected chi connectivity index (χ2v) is 7.40. The number of hydrogen-bond acceptors (Lipinski definition) is 4. The summed E-state index contributed by atoms with van der Waals surface area (Å²) in [6.07, 6.45) is 2.53. The number of hydrogen-bond donors (Lipinski definition) is 2. The van der Waals surface area contributed by atoms with E-state index >= 15 is 0 Å². The van der Waals surface area contributed by atoms with Crippen LogP contribution in [0.3, 0.4) is 0 Å². The predicted molar refractivity (Wildman–Crippen MR) is 114 cm³/mol. The number of amides is 1. The highest BCUT2D eigenvalue weighted by molar-refractivity contribution is 5.80. The molecule has 1 amide bonds. The molecule has 2 N–H and O–H groups in total. The number of likely N-dealkylation sites (tertiary alicyclic amines) is 1. The Morgan fingerprint density at radius 3 is 2.71 bits per heavy atom. The fourth-order valence-electron chi connectivity index (χ4n) is 3.18. The summed E-state index contributed by atoms with van der Waals surface area (Å²) in [5.41, 5.74) is 1.16. The normalized spacial score (nSPS) is 17.1. The van der Waals surface area contributed by atoms with Gasteiger partial charge in [0.1, 0.15) is 5.75 Å². The van der Waals surface area contributed by atoms with Crippen molar-refractivity contribution in [2.45, 2.75) is 38.8 Å². The first-order chi connectivity index (χ1) is 13.5. The van der Waals surface area contributed by atoms with E-state index < -0.39 is 0 Å². The number of carbonyl (C=O) groups excluding carboxylic acids is 1. The molecule has 1 heterocycles. The molecule has 1 unspecified atom stereocenters. The van der Waals surface area contributed by atoms with Gasteiger partial charge in [0.25, 0.3) is 0 Å². The zero-order chi connectivity index (χ0) is 20.4. The molecule has 1 aromatic carbocycles. The summed E-state index contributed by atoms with van der Waals surface area (Å²) in [6.45, 7) is 5.91. The SMILES string of the molecule is CCC(=O)N1CCC(NC(=NC)NCc2ccc(OCCCN(C)C)cc2)C1. The smallest absolute Gasteiger partial charge is 0.222 e. The molecule has 1 aliphatic rings. The first kappa shape index (κ1) is 22.0. The number of ether oxygens (including phenoxy) is 1. The molecule has 2 rings (SSSR count). The molecule has 1 fully saturated rings. The number of nitrogens with one attached hydrogen (secondary N) is 2. The monoisotopic (exact) mass is 389 g/mol. The molecule has 28 heavy (non-hydrogen) atoms. The summed E-state index contributed by atoms with van der Waals surface area (Å²) in [7, 11) is 5.90. The van der Waals surface area contributed by atoms with Gasteiger partial charge in [-0.15, -0.1) is 0 Å². The zero-order valence-electron chi connectivity index (χ0n) is 17.7. The number of guanidine groups is 1. The molecule has 0 saturated carbocycles. The summed E-state index contributed by atoms with van der Waals surface area (Å²) in [6, 6.07) is 8.40. The summed E-state index contributed by atoms with van der Waals surface area (Å²) >= 11 is 0. The maximum absolute atomic E-state index is 11.8. The second-order valence-electron chi connectivity index (χ2n) is 7.40. The number of aliphatic imine (C=N–C) groups is 1. The van der Waals surface area contributed by atoms with Crippen LogP contribution in [-0.4, -0.2) is 75.1 Å². The van der Waals surface area contributed by atoms with Crippen molar-refractivity contribution in [3.8, 4) is 5.75 Å². The van der Waals surface area contributed by atoms with Gasteiger partial charge in [-0.1, -0.05) is 19.1 Å². The lowest BCUT2D eigenvalue weighted by molar-refractivity contribution is -0.129. The lowest BCUT2D eigenvalue weighted by Crippen LogP contribution is -2.44. The zero-order valence-corrected chi connectivity index (χ0v) is 17.7. The minimum Gasteiger partial charge on any atom is -0.494 e. The second kappa shape index (κ2) is 11.5. The van der Waals surface area contributed by atoms with Gasteiger partial charge >= 0.3 is 0 Å². The van der Waals surface area contributed by atoms with Crippen LogP contribution in [0.2, 0.25) is 0 Å². The molecule has 7 nitrogen and oxygen atoms in total. The third kappa shape index (κ3) is 7.38. The Hall–Kier alpha value is -2.28. The number of carbonyl (C=O) groups is 1. The average molecular weight is 390 g/mol. The first-order valence-corrected chi connectivity index (χ1v) is 10.1. The molecule has 0 aromatic heterocycles. The molecular formula is C21H35N5O2. The van der Waals surface area contributed by atoms with Crippen LogP contribution in [0.1, 0.15) is 31.7 Å². The van der Waals surface area contributed by atoms with Crippen molar-refractivity contribution in [3.63, 3.8) is 0 Å². The van der Waals surface area contributed by atoms with Crippen molar-refractivity contribution in [1.29, 1.82) is 0 Å². The molecule has 1 atom stereocenters. The quantitative estimate of drug-likeness (QED) is 0.382. The molecule has 0 aliphatic carbocycles. The summed E-state index contributed by atoms with van der Waals surface area (Å²) < 4.78 is 5.77. The van der Waals surface area contributed by atoms with Crippen LogP contribution in [0.15, 0.2) is 29.3 Å². The predicted octanol–water partition coefficient (Wildman–Crippen LogP) is 1.69. The van der Waals surface area contributed by atoms with E-state index in [1.54, 1.807) is 7.05 Å². The number of benzene rings is 1. The lowest BCUT2D eigenvalue weighted by atomic mass is 10.2. The van der Waals surface area contributed by atoms with E-state index in [4.69, 9.17) is 4.74 Å². The van der Waals surface area contributed by atoms with Crippen LogP contribution in [0.25, 0.3) is 0 Å². The Morgan fingerprint density at radius 2 is 2.07 bits per heavy atom. The van der Waals surface area contributed by atoms with E-state index in [9.17, 15) is 4.79 Å². The molecular weight excluding hydrogens is 354 g/mol. The molecule has 0 radical (unpaired) electrons. The average Bonchev–Trinajstić information content (AvgIpc) is 3.17. The number of nitrogens with zero attached hydrogens (tertiary/aromatic N) is 3. The van der Waals surface area contributed by atoms with Gasteiger partial charge in [-0.05, 0) is 44.6 Å². The number of rotatable bonds is 9. The largest absolute Gasteiger partial charge is 0.494 e. The molecule has 1 saturated heterocycles. The Morgan fingerprint density at radius 1 is 1.32 bits per heavy atom. The van der Waals surface area contributed by atoms with Gasteiger partial charge in [0, 0.05) is 45.7 Å². The van der Waals surface area contributed by atoms with E-state index in [0.29, 0.717) is 13.0 Å². The van der Waals surface area contributed by atoms with Crippen LogP contribution in [0, 0.1) is 0 Å². The highest BCUT2D eigenvalue weighted by Gasteiger charge is 2.25. The highest BCUT2D eigenvalue weighted by Crippen LogP contribution is 2.13. The molecule has 0 spiro atoms. The van der Waals surface area contributed by atoms with Gasteiger partial charge in [-0.2, -0.15) is 0 Å². The summed E-state index contributed by atoms with van der Waals surface area (Å²) in [4.78, 5) is 20.2. The van der Waals surface area contributed by atoms with Crippen molar-refractivity contribution in [1.82, 2.24) is 20.4 Å². The van der Waals surface area contributed by atoms with Crippen LogP contribution < -0.4 is 15.4 Å². The highest BCUT2D eigenvalue weighted by atomic mass is 16.5. The minimum absolute atomic E-state index is 0.219. The van der Waals surface area contributed by atoms with Crippen molar-refractivity contribution in [2.24, 2.45) is 4.99 Å². The fourth-order valence-corrected chi connectivity index (χ4v) is 3.18. The van der Waals surface area contributed by atoms with Crippen LogP contribution in [0.4, 0.5) is 0 Å². The topological polar surface area (TPSA) is 69.2 Å². The van der Waals surface area contributed by atoms with Gasteiger partial charge in [-0.25, -0.2) is 0 Å². The Balaban J connectivity index is 1.72. The van der Waals surface area contributed by atoms with Gasteiger partial charge in [0.05, 0.1) is 6.61 Å². The molecule has 0 bridgehead atoms.